The molecular weight excluding hydrogens is 224 g/mol. The minimum absolute atomic E-state index is 0.178. The number of nitrogens with zero attached hydrogens (tertiary/aromatic N) is 1. The average Bonchev–Trinajstić information content (AvgIpc) is 2.46. The number of nitriles is 1. The van der Waals surface area contributed by atoms with Crippen molar-refractivity contribution in [2.75, 3.05) is 7.11 Å². The van der Waals surface area contributed by atoms with Crippen LogP contribution in [-0.4, -0.2) is 13.2 Å². The van der Waals surface area contributed by atoms with Crippen molar-refractivity contribution in [1.29, 1.82) is 5.26 Å². The third-order valence-corrected chi connectivity index (χ3v) is 3.66. The molecule has 2 rings (SSSR count). The Hall–Kier alpha value is -1.53. The summed E-state index contributed by atoms with van der Waals surface area (Å²) in [5.41, 5.74) is 1.23. The third kappa shape index (κ3) is 3.24. The summed E-state index contributed by atoms with van der Waals surface area (Å²) >= 11 is 0. The van der Waals surface area contributed by atoms with E-state index in [0.29, 0.717) is 6.04 Å². The molecule has 0 bridgehead atoms. The molecule has 2 atom stereocenters. The number of hydrogen-bond donors (Lipinski definition) is 1. The predicted octanol–water partition coefficient (Wildman–Crippen LogP) is 2.87. The van der Waals surface area contributed by atoms with Gasteiger partial charge >= 0.3 is 0 Å². The van der Waals surface area contributed by atoms with Gasteiger partial charge in [0.25, 0.3) is 0 Å². The summed E-state index contributed by atoms with van der Waals surface area (Å²) in [5, 5.41) is 12.6. The maximum Gasteiger partial charge on any atom is 0.118 e. The minimum atomic E-state index is 0.178. The lowest BCUT2D eigenvalue weighted by molar-refractivity contribution is 0.311. The van der Waals surface area contributed by atoms with Gasteiger partial charge in [0.15, 0.2) is 0 Å². The monoisotopic (exact) mass is 244 g/mol. The van der Waals surface area contributed by atoms with Gasteiger partial charge in [-0.2, -0.15) is 5.26 Å². The first-order valence-electron chi connectivity index (χ1n) is 6.59. The average molecular weight is 244 g/mol. The van der Waals surface area contributed by atoms with E-state index in [9.17, 15) is 0 Å². The fourth-order valence-corrected chi connectivity index (χ4v) is 2.52. The standard InChI is InChI=1S/C15H20N2O/c1-18-14-8-6-12(7-9-14)11-17-15-5-3-2-4-13(15)10-16/h6-9,13,15,17H,2-5,11H2,1H3. The van der Waals surface area contributed by atoms with E-state index in [1.165, 1.54) is 18.4 Å². The van der Waals surface area contributed by atoms with Crippen LogP contribution in [-0.2, 0) is 6.54 Å². The molecule has 0 amide bonds. The molecule has 0 aliphatic heterocycles. The summed E-state index contributed by atoms with van der Waals surface area (Å²) in [6.45, 7) is 0.826. The van der Waals surface area contributed by atoms with Crippen LogP contribution in [0.5, 0.6) is 5.75 Å². The predicted molar refractivity (Wildman–Crippen MR) is 71.2 cm³/mol. The summed E-state index contributed by atoms with van der Waals surface area (Å²) in [4.78, 5) is 0. The molecule has 1 aromatic rings. The van der Waals surface area contributed by atoms with E-state index in [0.717, 1.165) is 25.1 Å². The number of ether oxygens (including phenoxy) is 1. The van der Waals surface area contributed by atoms with Gasteiger partial charge in [0.05, 0.1) is 19.1 Å². The van der Waals surface area contributed by atoms with Crippen molar-refractivity contribution in [2.24, 2.45) is 5.92 Å². The van der Waals surface area contributed by atoms with Crippen molar-refractivity contribution in [2.45, 2.75) is 38.3 Å². The molecule has 0 saturated heterocycles. The van der Waals surface area contributed by atoms with Crippen LogP contribution in [0.15, 0.2) is 24.3 Å². The quantitative estimate of drug-likeness (QED) is 0.885. The summed E-state index contributed by atoms with van der Waals surface area (Å²) in [6, 6.07) is 10.9. The van der Waals surface area contributed by atoms with E-state index >= 15 is 0 Å². The molecule has 1 fully saturated rings. The second-order valence-electron chi connectivity index (χ2n) is 4.86. The van der Waals surface area contributed by atoms with E-state index in [2.05, 4.69) is 23.5 Å². The van der Waals surface area contributed by atoms with Crippen LogP contribution in [0.1, 0.15) is 31.2 Å². The summed E-state index contributed by atoms with van der Waals surface area (Å²) in [5.74, 6) is 1.06. The zero-order valence-electron chi connectivity index (χ0n) is 10.9. The van der Waals surface area contributed by atoms with Gasteiger partial charge in [-0.25, -0.2) is 0 Å². The minimum Gasteiger partial charge on any atom is -0.497 e. The second-order valence-corrected chi connectivity index (χ2v) is 4.86. The van der Waals surface area contributed by atoms with Crippen LogP contribution in [0.25, 0.3) is 0 Å². The van der Waals surface area contributed by atoms with Crippen LogP contribution >= 0.6 is 0 Å². The molecule has 0 heterocycles. The molecule has 0 aromatic heterocycles. The van der Waals surface area contributed by atoms with Gasteiger partial charge < -0.3 is 10.1 Å². The van der Waals surface area contributed by atoms with E-state index in [1.807, 2.05) is 12.1 Å². The summed E-state index contributed by atoms with van der Waals surface area (Å²) in [7, 11) is 1.67. The molecule has 1 aliphatic carbocycles. The van der Waals surface area contributed by atoms with Gasteiger partial charge in [-0.1, -0.05) is 25.0 Å². The highest BCUT2D eigenvalue weighted by Gasteiger charge is 2.23. The van der Waals surface area contributed by atoms with E-state index in [1.54, 1.807) is 7.11 Å². The van der Waals surface area contributed by atoms with Crippen LogP contribution in [0.2, 0.25) is 0 Å². The topological polar surface area (TPSA) is 45.0 Å². The van der Waals surface area contributed by atoms with Gasteiger partial charge in [-0.3, -0.25) is 0 Å². The Kier molecular flexibility index (Phi) is 4.60. The maximum atomic E-state index is 9.12. The Bertz CT molecular complexity index is 407. The number of benzene rings is 1. The molecule has 1 aliphatic rings. The first-order chi connectivity index (χ1) is 8.83. The van der Waals surface area contributed by atoms with Crippen molar-refractivity contribution in [3.8, 4) is 11.8 Å². The molecule has 3 heteroatoms. The fourth-order valence-electron chi connectivity index (χ4n) is 2.52. The van der Waals surface area contributed by atoms with Gasteiger partial charge in [-0.05, 0) is 30.5 Å². The van der Waals surface area contributed by atoms with Gasteiger partial charge in [-0.15, -0.1) is 0 Å². The van der Waals surface area contributed by atoms with Gasteiger partial charge in [0.1, 0.15) is 5.75 Å². The second kappa shape index (κ2) is 6.42. The zero-order valence-corrected chi connectivity index (χ0v) is 10.9. The number of methoxy groups -OCH3 is 1. The van der Waals surface area contributed by atoms with E-state index in [-0.39, 0.29) is 5.92 Å². The molecule has 1 N–H and O–H groups in total. The zero-order chi connectivity index (χ0) is 12.8. The lowest BCUT2D eigenvalue weighted by Crippen LogP contribution is -2.37. The van der Waals surface area contributed by atoms with Gasteiger partial charge in [0.2, 0.25) is 0 Å². The van der Waals surface area contributed by atoms with Crippen LogP contribution in [0.4, 0.5) is 0 Å². The van der Waals surface area contributed by atoms with E-state index < -0.39 is 0 Å². The SMILES string of the molecule is COc1ccc(CNC2CCCCC2C#N)cc1. The van der Waals surface area contributed by atoms with Crippen molar-refractivity contribution in [3.63, 3.8) is 0 Å². The summed E-state index contributed by atoms with van der Waals surface area (Å²) in [6.07, 6.45) is 4.59. The normalized spacial score (nSPS) is 23.3. The molecule has 2 unspecified atom stereocenters. The van der Waals surface area contributed by atoms with E-state index in [4.69, 9.17) is 10.00 Å². The maximum absolute atomic E-state index is 9.12. The number of nitrogens with one attached hydrogen (secondary N) is 1. The molecule has 0 radical (unpaired) electrons. The Morgan fingerprint density at radius 3 is 2.67 bits per heavy atom. The van der Waals surface area contributed by atoms with Crippen LogP contribution in [0.3, 0.4) is 0 Å². The highest BCUT2D eigenvalue weighted by atomic mass is 16.5. The number of hydrogen-bond acceptors (Lipinski definition) is 3. The van der Waals surface area contributed by atoms with Crippen LogP contribution < -0.4 is 10.1 Å². The van der Waals surface area contributed by atoms with Crippen LogP contribution in [0, 0.1) is 17.2 Å². The molecule has 18 heavy (non-hydrogen) atoms. The number of rotatable bonds is 4. The van der Waals surface area contributed by atoms with Crippen molar-refractivity contribution >= 4 is 0 Å². The first kappa shape index (κ1) is 12.9. The molecule has 0 spiro atoms. The van der Waals surface area contributed by atoms with Crippen molar-refractivity contribution < 1.29 is 4.74 Å². The molecule has 3 nitrogen and oxygen atoms in total. The van der Waals surface area contributed by atoms with Crippen molar-refractivity contribution in [3.05, 3.63) is 29.8 Å². The Balaban J connectivity index is 1.88. The summed E-state index contributed by atoms with van der Waals surface area (Å²) < 4.78 is 5.13. The smallest absolute Gasteiger partial charge is 0.118 e. The Morgan fingerprint density at radius 2 is 2.00 bits per heavy atom. The lowest BCUT2D eigenvalue weighted by Gasteiger charge is -2.27. The van der Waals surface area contributed by atoms with Gasteiger partial charge in [0, 0.05) is 12.6 Å². The Morgan fingerprint density at radius 1 is 1.28 bits per heavy atom. The first-order valence-corrected chi connectivity index (χ1v) is 6.59. The molecule has 1 saturated carbocycles. The Labute approximate surface area is 109 Å². The molecule has 1 aromatic carbocycles. The highest BCUT2D eigenvalue weighted by Crippen LogP contribution is 2.24. The highest BCUT2D eigenvalue weighted by molar-refractivity contribution is 5.27. The largest absolute Gasteiger partial charge is 0.497 e. The third-order valence-electron chi connectivity index (χ3n) is 3.66. The lowest BCUT2D eigenvalue weighted by atomic mass is 9.85. The van der Waals surface area contributed by atoms with Crippen molar-refractivity contribution in [1.82, 2.24) is 5.32 Å². The fraction of sp³-hybridized carbons (Fsp3) is 0.533. The molecular formula is C15H20N2O. The molecule has 96 valence electrons.